The van der Waals surface area contributed by atoms with Gasteiger partial charge in [0.15, 0.2) is 0 Å². The van der Waals surface area contributed by atoms with Crippen LogP contribution in [0.3, 0.4) is 0 Å². The molecule has 0 radical (unpaired) electrons. The maximum Gasteiger partial charge on any atom is 0.332 e. The van der Waals surface area contributed by atoms with Crippen molar-refractivity contribution < 1.29 is 30.7 Å². The van der Waals surface area contributed by atoms with Crippen LogP contribution in [0.2, 0.25) is 0 Å². The Kier molecular flexibility index (Phi) is 5.27. The Labute approximate surface area is 163 Å². The molecule has 0 heterocycles. The van der Waals surface area contributed by atoms with E-state index in [0.29, 0.717) is 17.7 Å². The van der Waals surface area contributed by atoms with Gasteiger partial charge in [-0.3, -0.25) is 0 Å². The fourth-order valence-electron chi connectivity index (χ4n) is 2.85. The third-order valence-corrected chi connectivity index (χ3v) is 4.49. The maximum atomic E-state index is 14.5. The molecule has 0 saturated heterocycles. The van der Waals surface area contributed by atoms with E-state index in [1.165, 1.54) is 12.1 Å². The van der Waals surface area contributed by atoms with E-state index in [1.807, 2.05) is 15.9 Å². The van der Waals surface area contributed by atoms with Crippen molar-refractivity contribution >= 4 is 15.9 Å². The molecule has 0 aliphatic heterocycles. The third kappa shape index (κ3) is 3.78. The van der Waals surface area contributed by atoms with Crippen LogP contribution in [0.25, 0.3) is 22.3 Å². The van der Waals surface area contributed by atoms with E-state index < -0.39 is 50.6 Å². The van der Waals surface area contributed by atoms with Crippen LogP contribution in [0, 0.1) is 36.0 Å². The van der Waals surface area contributed by atoms with Gasteiger partial charge in [-0.05, 0) is 69.9 Å². The molecular weight excluding hydrogens is 453 g/mol. The van der Waals surface area contributed by atoms with Crippen LogP contribution >= 0.6 is 15.9 Å². The lowest BCUT2D eigenvalue weighted by atomic mass is 9.97. The Morgan fingerprint density at radius 3 is 1.64 bits per heavy atom. The van der Waals surface area contributed by atoms with E-state index in [4.69, 9.17) is 0 Å². The number of hydrogen-bond donors (Lipinski definition) is 0. The number of aryl methyl sites for hydroxylation is 1. The Bertz CT molecular complexity index is 1020. The molecule has 3 aromatic rings. The lowest BCUT2D eigenvalue weighted by Gasteiger charge is -2.14. The number of rotatable bonds is 3. The molecule has 3 aromatic carbocycles. The quantitative estimate of drug-likeness (QED) is 0.279. The first-order valence-electron chi connectivity index (χ1n) is 7.81. The van der Waals surface area contributed by atoms with Crippen LogP contribution in [-0.4, -0.2) is 0 Å². The van der Waals surface area contributed by atoms with Crippen molar-refractivity contribution in [2.75, 3.05) is 0 Å². The van der Waals surface area contributed by atoms with E-state index in [1.54, 1.807) is 13.0 Å². The van der Waals surface area contributed by atoms with Crippen molar-refractivity contribution in [3.05, 3.63) is 82.7 Å². The van der Waals surface area contributed by atoms with Gasteiger partial charge < -0.3 is 0 Å². The molecule has 3 rings (SSSR count). The first-order valence-corrected chi connectivity index (χ1v) is 8.60. The number of halogens is 8. The maximum absolute atomic E-state index is 14.5. The zero-order chi connectivity index (χ0) is 20.8. The first kappa shape index (κ1) is 20.4. The summed E-state index contributed by atoms with van der Waals surface area (Å²) in [6, 6.07) is 6.48. The second kappa shape index (κ2) is 7.24. The highest BCUT2D eigenvalue weighted by atomic mass is 79.9. The summed E-state index contributed by atoms with van der Waals surface area (Å²) in [5.41, 5.74) is -2.59. The van der Waals surface area contributed by atoms with Crippen LogP contribution in [0.1, 0.15) is 11.1 Å². The van der Waals surface area contributed by atoms with E-state index >= 15 is 0 Å². The van der Waals surface area contributed by atoms with Gasteiger partial charge in [0, 0.05) is 5.56 Å². The van der Waals surface area contributed by atoms with Gasteiger partial charge >= 0.3 is 4.83 Å². The fourth-order valence-corrected chi connectivity index (χ4v) is 3.23. The highest BCUT2D eigenvalue weighted by Gasteiger charge is 2.35. The molecule has 8 heteroatoms. The van der Waals surface area contributed by atoms with Gasteiger partial charge in [0.2, 0.25) is 0 Å². The zero-order valence-corrected chi connectivity index (χ0v) is 15.7. The fraction of sp³-hybridized carbons (Fsp3) is 0.100. The summed E-state index contributed by atoms with van der Waals surface area (Å²) in [6.45, 7) is 1.64. The summed E-state index contributed by atoms with van der Waals surface area (Å²) >= 11 is 1.85. The topological polar surface area (TPSA) is 0 Å². The zero-order valence-electron chi connectivity index (χ0n) is 14.1. The monoisotopic (exact) mass is 462 g/mol. The average molecular weight is 463 g/mol. The lowest BCUT2D eigenvalue weighted by molar-refractivity contribution is 0.105. The molecular formula is C20H10BrF7. The van der Waals surface area contributed by atoms with Gasteiger partial charge in [-0.2, -0.15) is 8.78 Å². The largest absolute Gasteiger partial charge is 0.332 e. The highest BCUT2D eigenvalue weighted by molar-refractivity contribution is 9.09. The smallest absolute Gasteiger partial charge is 0.206 e. The van der Waals surface area contributed by atoms with E-state index in [0.717, 1.165) is 12.1 Å². The summed E-state index contributed by atoms with van der Waals surface area (Å²) in [4.78, 5) is -4.00. The van der Waals surface area contributed by atoms with Crippen molar-refractivity contribution in [2.45, 2.75) is 11.8 Å². The summed E-state index contributed by atoms with van der Waals surface area (Å²) in [7, 11) is 0. The molecule has 0 fully saturated rings. The third-order valence-electron chi connectivity index (χ3n) is 4.09. The first-order chi connectivity index (χ1) is 13.0. The summed E-state index contributed by atoms with van der Waals surface area (Å²) < 4.78 is 97.5. The molecule has 0 amide bonds. The molecule has 0 aromatic heterocycles. The predicted molar refractivity (Wildman–Crippen MR) is 94.7 cm³/mol. The minimum Gasteiger partial charge on any atom is -0.206 e. The molecule has 146 valence electrons. The van der Waals surface area contributed by atoms with Gasteiger partial charge in [-0.15, -0.1) is 0 Å². The van der Waals surface area contributed by atoms with Crippen LogP contribution in [-0.2, 0) is 4.83 Å². The molecule has 0 unspecified atom stereocenters. The Morgan fingerprint density at radius 1 is 0.679 bits per heavy atom. The Balaban J connectivity index is 2.15. The van der Waals surface area contributed by atoms with Crippen molar-refractivity contribution in [1.82, 2.24) is 0 Å². The van der Waals surface area contributed by atoms with Crippen molar-refractivity contribution in [3.63, 3.8) is 0 Å². The second-order valence-corrected chi connectivity index (χ2v) is 7.11. The van der Waals surface area contributed by atoms with Crippen LogP contribution in [0.4, 0.5) is 30.7 Å². The Morgan fingerprint density at radius 2 is 1.18 bits per heavy atom. The summed E-state index contributed by atoms with van der Waals surface area (Å²) in [5.74, 6) is -6.51. The predicted octanol–water partition coefficient (Wildman–Crippen LogP) is 7.47. The molecule has 28 heavy (non-hydrogen) atoms. The Hall–Kier alpha value is -2.35. The van der Waals surface area contributed by atoms with Crippen LogP contribution < -0.4 is 0 Å². The van der Waals surface area contributed by atoms with Gasteiger partial charge in [-0.1, -0.05) is 12.1 Å². The standard InChI is InChI=1S/C20H10BrF7/c1-9-2-3-12(13(22)4-9)10-5-14(23)18(15(24)6-10)11-7-16(25)19(17(26)8-11)20(21,27)28/h2-8H,1H3. The molecule has 0 atom stereocenters. The van der Waals surface area contributed by atoms with Gasteiger partial charge in [-0.25, -0.2) is 22.0 Å². The second-order valence-electron chi connectivity index (χ2n) is 6.11. The summed E-state index contributed by atoms with van der Waals surface area (Å²) in [6.07, 6.45) is 0. The normalized spacial score (nSPS) is 11.8. The van der Waals surface area contributed by atoms with Gasteiger partial charge in [0.25, 0.3) is 0 Å². The molecule has 0 spiro atoms. The van der Waals surface area contributed by atoms with E-state index in [-0.39, 0.29) is 11.1 Å². The van der Waals surface area contributed by atoms with Crippen LogP contribution in [0.5, 0.6) is 0 Å². The number of alkyl halides is 3. The summed E-state index contributed by atoms with van der Waals surface area (Å²) in [5, 5.41) is 0. The molecule has 0 N–H and O–H groups in total. The minimum atomic E-state index is -4.00. The van der Waals surface area contributed by atoms with Gasteiger partial charge in [0.1, 0.15) is 34.6 Å². The average Bonchev–Trinajstić information content (AvgIpc) is 2.51. The van der Waals surface area contributed by atoms with E-state index in [2.05, 4.69) is 0 Å². The molecule has 0 aliphatic carbocycles. The molecule has 0 nitrogen and oxygen atoms in total. The highest BCUT2D eigenvalue weighted by Crippen LogP contribution is 2.40. The van der Waals surface area contributed by atoms with Crippen molar-refractivity contribution in [2.24, 2.45) is 0 Å². The SMILES string of the molecule is Cc1ccc(-c2cc(F)c(-c3cc(F)c(C(F)(F)Br)c(F)c3)c(F)c2)c(F)c1. The molecule has 0 aliphatic rings. The van der Waals surface area contributed by atoms with Crippen LogP contribution in [0.15, 0.2) is 42.5 Å². The molecule has 0 bridgehead atoms. The minimum absolute atomic E-state index is 0.0680. The van der Waals surface area contributed by atoms with Crippen molar-refractivity contribution in [1.29, 1.82) is 0 Å². The lowest BCUT2D eigenvalue weighted by Crippen LogP contribution is -2.10. The van der Waals surface area contributed by atoms with Crippen molar-refractivity contribution in [3.8, 4) is 22.3 Å². The van der Waals surface area contributed by atoms with Gasteiger partial charge in [0.05, 0.1) is 5.56 Å². The number of benzene rings is 3. The van der Waals surface area contributed by atoms with E-state index in [9.17, 15) is 30.7 Å². The molecule has 0 saturated carbocycles. The number of hydrogen-bond acceptors (Lipinski definition) is 0.